The van der Waals surface area contributed by atoms with E-state index in [4.69, 9.17) is 0 Å². The Morgan fingerprint density at radius 1 is 0.800 bits per heavy atom. The van der Waals surface area contributed by atoms with Gasteiger partial charge in [0.1, 0.15) is 5.56 Å². The maximum Gasteiger partial charge on any atom is 0.280 e. The summed E-state index contributed by atoms with van der Waals surface area (Å²) in [6.07, 6.45) is 0. The summed E-state index contributed by atoms with van der Waals surface area (Å²) in [7, 11) is -2.09. The Morgan fingerprint density at radius 3 is 1.63 bits per heavy atom. The van der Waals surface area contributed by atoms with Gasteiger partial charge in [-0.1, -0.05) is 0 Å². The Bertz CT molecular complexity index is 1190. The van der Waals surface area contributed by atoms with Crippen molar-refractivity contribution in [3.05, 3.63) is 50.1 Å². The number of piperazine rings is 2. The lowest BCUT2D eigenvalue weighted by atomic mass is 10.1. The molecule has 0 atom stereocenters. The first kappa shape index (κ1) is 24.7. The minimum Gasteiger partial charge on any atom is -0.353 e. The number of benzene rings is 1. The van der Waals surface area contributed by atoms with Gasteiger partial charge in [0, 0.05) is 64.5 Å². The second-order valence-corrected chi connectivity index (χ2v) is 10.5. The van der Waals surface area contributed by atoms with E-state index in [0.29, 0.717) is 18.9 Å². The standard InChI is InChI=1S/C20H26N8O6S/c1-15-17(27(29)30)13-16(14-18(15)28(31)32)35(33,34)26-11-9-25(10-12-26)20-4-3-19(21-22-20)24-7-5-23(2)6-8-24/h3-4,13-14H,5-12H2,1-2H3. The highest BCUT2D eigenvalue weighted by Crippen LogP contribution is 2.33. The van der Waals surface area contributed by atoms with Crippen molar-refractivity contribution in [3.63, 3.8) is 0 Å². The minimum absolute atomic E-state index is 0.0969. The predicted octanol–water partition coefficient (Wildman–Crippen LogP) is 0.864. The van der Waals surface area contributed by atoms with Crippen LogP contribution in [0.15, 0.2) is 29.2 Å². The Morgan fingerprint density at radius 2 is 1.23 bits per heavy atom. The van der Waals surface area contributed by atoms with Crippen LogP contribution < -0.4 is 9.80 Å². The molecule has 1 aromatic carbocycles. The minimum atomic E-state index is -4.17. The van der Waals surface area contributed by atoms with Crippen LogP contribution in [0, 0.1) is 27.2 Å². The first-order valence-electron chi connectivity index (χ1n) is 11.0. The van der Waals surface area contributed by atoms with E-state index in [9.17, 15) is 28.6 Å². The largest absolute Gasteiger partial charge is 0.353 e. The molecule has 2 aromatic rings. The second-order valence-electron chi connectivity index (χ2n) is 8.53. The second kappa shape index (κ2) is 9.67. The molecule has 14 nitrogen and oxygen atoms in total. The zero-order chi connectivity index (χ0) is 25.3. The normalized spacial score (nSPS) is 18.0. The zero-order valence-corrected chi connectivity index (χ0v) is 20.2. The molecule has 0 aliphatic carbocycles. The van der Waals surface area contributed by atoms with E-state index in [2.05, 4.69) is 27.0 Å². The summed E-state index contributed by atoms with van der Waals surface area (Å²) in [5, 5.41) is 31.3. The van der Waals surface area contributed by atoms with Gasteiger partial charge in [-0.15, -0.1) is 10.2 Å². The molecule has 4 rings (SSSR count). The molecule has 2 aliphatic rings. The molecule has 0 bridgehead atoms. The van der Waals surface area contributed by atoms with Crippen LogP contribution in [0.4, 0.5) is 23.0 Å². The Labute approximate surface area is 202 Å². The van der Waals surface area contributed by atoms with E-state index in [-0.39, 0.29) is 18.7 Å². The van der Waals surface area contributed by atoms with E-state index < -0.39 is 36.1 Å². The molecular formula is C20H26N8O6S. The maximum atomic E-state index is 13.2. The van der Waals surface area contributed by atoms with Gasteiger partial charge in [-0.25, -0.2) is 8.42 Å². The summed E-state index contributed by atoms with van der Waals surface area (Å²) in [5.41, 5.74) is -1.40. The highest BCUT2D eigenvalue weighted by atomic mass is 32.2. The Kier molecular flexibility index (Phi) is 6.82. The van der Waals surface area contributed by atoms with Crippen molar-refractivity contribution in [2.24, 2.45) is 0 Å². The lowest BCUT2D eigenvalue weighted by molar-refractivity contribution is -0.395. The van der Waals surface area contributed by atoms with Crippen molar-refractivity contribution in [2.75, 3.05) is 69.2 Å². The van der Waals surface area contributed by atoms with Crippen LogP contribution in [0.5, 0.6) is 0 Å². The predicted molar refractivity (Wildman–Crippen MR) is 127 cm³/mol. The number of nitro benzene ring substituents is 2. The van der Waals surface area contributed by atoms with Crippen LogP contribution in [-0.4, -0.2) is 97.1 Å². The fourth-order valence-electron chi connectivity index (χ4n) is 4.18. The van der Waals surface area contributed by atoms with Crippen molar-refractivity contribution in [3.8, 4) is 0 Å². The molecule has 2 saturated heterocycles. The molecule has 188 valence electrons. The number of anilines is 2. The van der Waals surface area contributed by atoms with Crippen LogP contribution >= 0.6 is 0 Å². The first-order valence-corrected chi connectivity index (χ1v) is 12.5. The molecule has 3 heterocycles. The van der Waals surface area contributed by atoms with Crippen LogP contribution in [0.1, 0.15) is 5.56 Å². The summed E-state index contributed by atoms with van der Waals surface area (Å²) < 4.78 is 27.5. The monoisotopic (exact) mass is 506 g/mol. The Hall–Kier alpha value is -3.43. The quantitative estimate of drug-likeness (QED) is 0.404. The molecule has 15 heteroatoms. The van der Waals surface area contributed by atoms with E-state index in [0.717, 1.165) is 44.1 Å². The van der Waals surface area contributed by atoms with Gasteiger partial charge < -0.3 is 14.7 Å². The number of rotatable bonds is 6. The maximum absolute atomic E-state index is 13.2. The summed E-state index contributed by atoms with van der Waals surface area (Å²) in [6, 6.07) is 5.53. The molecule has 0 unspecified atom stereocenters. The number of likely N-dealkylation sites (N-methyl/N-ethyl adjacent to an activating group) is 1. The lowest BCUT2D eigenvalue weighted by Gasteiger charge is -2.35. The molecule has 35 heavy (non-hydrogen) atoms. The topological polar surface area (TPSA) is 159 Å². The van der Waals surface area contributed by atoms with Gasteiger partial charge in [-0.2, -0.15) is 4.31 Å². The van der Waals surface area contributed by atoms with Crippen LogP contribution in [0.3, 0.4) is 0 Å². The number of sulfonamides is 1. The third-order valence-corrected chi connectivity index (χ3v) is 8.26. The fourth-order valence-corrected chi connectivity index (χ4v) is 5.65. The molecule has 0 spiro atoms. The highest BCUT2D eigenvalue weighted by Gasteiger charge is 2.33. The van der Waals surface area contributed by atoms with Gasteiger partial charge in [0.15, 0.2) is 11.6 Å². The third-order valence-electron chi connectivity index (χ3n) is 6.38. The van der Waals surface area contributed by atoms with Crippen molar-refractivity contribution < 1.29 is 18.3 Å². The number of nitrogens with zero attached hydrogens (tertiary/aromatic N) is 8. The number of hydrogen-bond acceptors (Lipinski definition) is 11. The fraction of sp³-hybridized carbons (Fsp3) is 0.500. The highest BCUT2D eigenvalue weighted by molar-refractivity contribution is 7.89. The molecule has 0 radical (unpaired) electrons. The molecule has 2 aliphatic heterocycles. The van der Waals surface area contributed by atoms with Crippen LogP contribution in [0.25, 0.3) is 0 Å². The van der Waals surface area contributed by atoms with Crippen molar-refractivity contribution >= 4 is 33.0 Å². The zero-order valence-electron chi connectivity index (χ0n) is 19.4. The van der Waals surface area contributed by atoms with Crippen LogP contribution in [0.2, 0.25) is 0 Å². The molecule has 0 amide bonds. The van der Waals surface area contributed by atoms with E-state index in [1.807, 2.05) is 17.0 Å². The van der Waals surface area contributed by atoms with Gasteiger partial charge in [0.2, 0.25) is 10.0 Å². The SMILES string of the molecule is Cc1c([N+](=O)[O-])cc(S(=O)(=O)N2CCN(c3ccc(N4CCN(C)CC4)nn3)CC2)cc1[N+](=O)[O-]. The molecule has 0 N–H and O–H groups in total. The van der Waals surface area contributed by atoms with Gasteiger partial charge in [0.25, 0.3) is 11.4 Å². The average molecular weight is 507 g/mol. The molecule has 2 fully saturated rings. The Balaban J connectivity index is 1.46. The number of nitro groups is 2. The molecular weight excluding hydrogens is 480 g/mol. The van der Waals surface area contributed by atoms with E-state index >= 15 is 0 Å². The van der Waals surface area contributed by atoms with Crippen molar-refractivity contribution in [2.45, 2.75) is 11.8 Å². The van der Waals surface area contributed by atoms with Gasteiger partial charge in [-0.05, 0) is 26.1 Å². The van der Waals surface area contributed by atoms with Gasteiger partial charge in [0.05, 0.1) is 14.7 Å². The smallest absolute Gasteiger partial charge is 0.280 e. The summed E-state index contributed by atoms with van der Waals surface area (Å²) in [4.78, 5) is 26.9. The van der Waals surface area contributed by atoms with Gasteiger partial charge in [-0.3, -0.25) is 20.2 Å². The van der Waals surface area contributed by atoms with Gasteiger partial charge >= 0.3 is 0 Å². The molecule has 1 aromatic heterocycles. The van der Waals surface area contributed by atoms with Crippen LogP contribution in [-0.2, 0) is 10.0 Å². The van der Waals surface area contributed by atoms with Crippen molar-refractivity contribution in [1.29, 1.82) is 0 Å². The van der Waals surface area contributed by atoms with E-state index in [1.54, 1.807) is 0 Å². The van der Waals surface area contributed by atoms with E-state index in [1.165, 1.54) is 11.2 Å². The summed E-state index contributed by atoms with van der Waals surface area (Å²) >= 11 is 0. The third kappa shape index (κ3) is 5.01. The summed E-state index contributed by atoms with van der Waals surface area (Å²) in [6.45, 7) is 5.73. The average Bonchev–Trinajstić information content (AvgIpc) is 2.84. The molecule has 0 saturated carbocycles. The lowest BCUT2D eigenvalue weighted by Crippen LogP contribution is -2.49. The number of aromatic nitrogens is 2. The van der Waals surface area contributed by atoms with Crippen molar-refractivity contribution in [1.82, 2.24) is 19.4 Å². The summed E-state index contributed by atoms with van der Waals surface area (Å²) in [5.74, 6) is 1.42. The first-order chi connectivity index (χ1) is 16.6. The number of hydrogen-bond donors (Lipinski definition) is 0.